The molecule has 0 fully saturated rings. The summed E-state index contributed by atoms with van der Waals surface area (Å²) in [6.45, 7) is 5.63. The van der Waals surface area contributed by atoms with Crippen molar-refractivity contribution < 1.29 is 0 Å². The zero-order valence-corrected chi connectivity index (χ0v) is 11.6. The number of hydrogen-bond donors (Lipinski definition) is 1. The van der Waals surface area contributed by atoms with Gasteiger partial charge in [-0.15, -0.1) is 0 Å². The molecule has 0 aromatic heterocycles. The summed E-state index contributed by atoms with van der Waals surface area (Å²) in [5, 5.41) is 21.6. The third kappa shape index (κ3) is 3.61. The lowest BCUT2D eigenvalue weighted by molar-refractivity contribution is 0.866. The molecule has 1 aromatic rings. The molecule has 0 aliphatic heterocycles. The van der Waals surface area contributed by atoms with E-state index in [-0.39, 0.29) is 5.71 Å². The molecule has 0 saturated carbocycles. The van der Waals surface area contributed by atoms with Crippen LogP contribution < -0.4 is 10.3 Å². The Hall–Kier alpha value is -2.24. The SMILES string of the molecule is CCN(CC)c1c(Cl)cccc1NN=C(C#N)C#N. The number of anilines is 2. The van der Waals surface area contributed by atoms with E-state index in [1.54, 1.807) is 30.3 Å². The lowest BCUT2D eigenvalue weighted by Gasteiger charge is -2.24. The molecule has 1 N–H and O–H groups in total. The van der Waals surface area contributed by atoms with Gasteiger partial charge in [0.2, 0.25) is 5.71 Å². The summed E-state index contributed by atoms with van der Waals surface area (Å²) in [6.07, 6.45) is 0. The minimum absolute atomic E-state index is 0.231. The van der Waals surface area contributed by atoms with Gasteiger partial charge < -0.3 is 4.90 Å². The van der Waals surface area contributed by atoms with Crippen LogP contribution in [-0.4, -0.2) is 18.8 Å². The van der Waals surface area contributed by atoms with E-state index < -0.39 is 0 Å². The second kappa shape index (κ2) is 7.25. The molecule has 0 aliphatic carbocycles. The van der Waals surface area contributed by atoms with Crippen LogP contribution >= 0.6 is 11.6 Å². The quantitative estimate of drug-likeness (QED) is 0.662. The predicted molar refractivity (Wildman–Crippen MR) is 77.3 cm³/mol. The summed E-state index contributed by atoms with van der Waals surface area (Å²) in [7, 11) is 0. The van der Waals surface area contributed by atoms with Gasteiger partial charge in [-0.3, -0.25) is 5.43 Å². The zero-order valence-electron chi connectivity index (χ0n) is 10.8. The molecule has 0 amide bonds. The molecule has 0 atom stereocenters. The van der Waals surface area contributed by atoms with Crippen LogP contribution in [0.25, 0.3) is 0 Å². The Balaban J connectivity index is 3.16. The largest absolute Gasteiger partial charge is 0.369 e. The molecule has 6 heteroatoms. The third-order valence-corrected chi connectivity index (χ3v) is 2.87. The van der Waals surface area contributed by atoms with Crippen LogP contribution in [0.2, 0.25) is 5.02 Å². The van der Waals surface area contributed by atoms with E-state index in [1.807, 2.05) is 13.8 Å². The molecular weight excluding hydrogens is 262 g/mol. The van der Waals surface area contributed by atoms with Crippen LogP contribution in [0.1, 0.15) is 13.8 Å². The Bertz CT molecular complexity index is 533. The summed E-state index contributed by atoms with van der Waals surface area (Å²) < 4.78 is 0. The first kappa shape index (κ1) is 14.8. The van der Waals surface area contributed by atoms with Crippen molar-refractivity contribution in [3.8, 4) is 12.1 Å². The molecule has 0 spiro atoms. The van der Waals surface area contributed by atoms with Gasteiger partial charge in [0.1, 0.15) is 12.1 Å². The molecule has 1 aromatic carbocycles. The molecule has 0 bridgehead atoms. The van der Waals surface area contributed by atoms with E-state index in [9.17, 15) is 0 Å². The topological polar surface area (TPSA) is 75.2 Å². The summed E-state index contributed by atoms with van der Waals surface area (Å²) in [4.78, 5) is 2.07. The average molecular weight is 276 g/mol. The number of benzene rings is 1. The number of para-hydroxylation sites is 1. The second-order valence-electron chi connectivity index (χ2n) is 3.60. The van der Waals surface area contributed by atoms with Crippen molar-refractivity contribution in [3.63, 3.8) is 0 Å². The summed E-state index contributed by atoms with van der Waals surface area (Å²) in [5.41, 5.74) is 3.97. The fraction of sp³-hybridized carbons (Fsp3) is 0.308. The molecule has 0 radical (unpaired) electrons. The fourth-order valence-electron chi connectivity index (χ4n) is 1.66. The van der Waals surface area contributed by atoms with Crippen LogP contribution in [-0.2, 0) is 0 Å². The molecule has 5 nitrogen and oxygen atoms in total. The molecule has 0 saturated heterocycles. The fourth-order valence-corrected chi connectivity index (χ4v) is 1.95. The van der Waals surface area contributed by atoms with Gasteiger partial charge in [0.05, 0.1) is 16.4 Å². The molecular formula is C13H14ClN5. The number of hydrogen-bond acceptors (Lipinski definition) is 5. The highest BCUT2D eigenvalue weighted by Crippen LogP contribution is 2.33. The van der Waals surface area contributed by atoms with E-state index in [0.29, 0.717) is 10.7 Å². The second-order valence-corrected chi connectivity index (χ2v) is 4.01. The van der Waals surface area contributed by atoms with Gasteiger partial charge in [0.25, 0.3) is 0 Å². The highest BCUT2D eigenvalue weighted by Gasteiger charge is 2.12. The number of nitrogens with one attached hydrogen (secondary N) is 1. The van der Waals surface area contributed by atoms with Gasteiger partial charge in [-0.1, -0.05) is 17.7 Å². The van der Waals surface area contributed by atoms with Crippen LogP contribution in [0.4, 0.5) is 11.4 Å². The van der Waals surface area contributed by atoms with E-state index in [2.05, 4.69) is 15.4 Å². The average Bonchev–Trinajstić information content (AvgIpc) is 2.43. The smallest absolute Gasteiger partial charge is 0.237 e. The summed E-state index contributed by atoms with van der Waals surface area (Å²) in [6, 6.07) is 8.76. The Morgan fingerprint density at radius 1 is 1.32 bits per heavy atom. The lowest BCUT2D eigenvalue weighted by atomic mass is 10.2. The first-order valence-corrected chi connectivity index (χ1v) is 6.23. The van der Waals surface area contributed by atoms with Crippen molar-refractivity contribution in [2.45, 2.75) is 13.8 Å². The minimum atomic E-state index is -0.231. The highest BCUT2D eigenvalue weighted by molar-refractivity contribution is 6.34. The molecule has 0 unspecified atom stereocenters. The van der Waals surface area contributed by atoms with Crippen molar-refractivity contribution in [3.05, 3.63) is 23.2 Å². The number of nitriles is 2. The van der Waals surface area contributed by atoms with Crippen LogP contribution in [0.3, 0.4) is 0 Å². The van der Waals surface area contributed by atoms with Gasteiger partial charge in [0.15, 0.2) is 0 Å². The number of halogens is 1. The Morgan fingerprint density at radius 3 is 2.47 bits per heavy atom. The van der Waals surface area contributed by atoms with Crippen LogP contribution in [0.15, 0.2) is 23.3 Å². The van der Waals surface area contributed by atoms with Crippen LogP contribution in [0.5, 0.6) is 0 Å². The lowest BCUT2D eigenvalue weighted by Crippen LogP contribution is -2.23. The first-order valence-electron chi connectivity index (χ1n) is 5.85. The van der Waals surface area contributed by atoms with Gasteiger partial charge in [-0.2, -0.15) is 15.6 Å². The first-order chi connectivity index (χ1) is 9.17. The monoisotopic (exact) mass is 275 g/mol. The normalized spacial score (nSPS) is 9.11. The van der Waals surface area contributed by atoms with Gasteiger partial charge in [0, 0.05) is 13.1 Å². The number of hydrazone groups is 1. The van der Waals surface area contributed by atoms with Crippen molar-refractivity contribution >= 4 is 28.7 Å². The molecule has 0 heterocycles. The summed E-state index contributed by atoms with van der Waals surface area (Å²) in [5.74, 6) is 0. The van der Waals surface area contributed by atoms with Gasteiger partial charge in [-0.25, -0.2) is 0 Å². The Labute approximate surface area is 117 Å². The predicted octanol–water partition coefficient (Wildman–Crippen LogP) is 3.00. The van der Waals surface area contributed by atoms with E-state index >= 15 is 0 Å². The van der Waals surface area contributed by atoms with E-state index in [4.69, 9.17) is 22.1 Å². The van der Waals surface area contributed by atoms with Crippen molar-refractivity contribution in [1.29, 1.82) is 10.5 Å². The molecule has 98 valence electrons. The van der Waals surface area contributed by atoms with Crippen LogP contribution in [0, 0.1) is 22.7 Å². The molecule has 19 heavy (non-hydrogen) atoms. The van der Waals surface area contributed by atoms with Crippen molar-refractivity contribution in [2.75, 3.05) is 23.4 Å². The maximum absolute atomic E-state index is 8.65. The molecule has 0 aliphatic rings. The highest BCUT2D eigenvalue weighted by atomic mass is 35.5. The third-order valence-electron chi connectivity index (χ3n) is 2.57. The minimum Gasteiger partial charge on any atom is -0.369 e. The number of nitrogens with zero attached hydrogens (tertiary/aromatic N) is 4. The van der Waals surface area contributed by atoms with Gasteiger partial charge >= 0.3 is 0 Å². The standard InChI is InChI=1S/C13H14ClN5/c1-3-19(4-2)13-11(14)6-5-7-12(13)18-17-10(8-15)9-16/h5-7,18H,3-4H2,1-2H3. The van der Waals surface area contributed by atoms with E-state index in [0.717, 1.165) is 18.8 Å². The maximum Gasteiger partial charge on any atom is 0.237 e. The number of rotatable bonds is 5. The maximum atomic E-state index is 8.65. The Kier molecular flexibility index (Phi) is 5.66. The van der Waals surface area contributed by atoms with Crippen molar-refractivity contribution in [1.82, 2.24) is 0 Å². The summed E-state index contributed by atoms with van der Waals surface area (Å²) >= 11 is 6.20. The van der Waals surface area contributed by atoms with E-state index in [1.165, 1.54) is 0 Å². The van der Waals surface area contributed by atoms with Crippen molar-refractivity contribution in [2.24, 2.45) is 5.10 Å². The van der Waals surface area contributed by atoms with Gasteiger partial charge in [-0.05, 0) is 26.0 Å². The Morgan fingerprint density at radius 2 is 1.95 bits per heavy atom. The zero-order chi connectivity index (χ0) is 14.3. The molecule has 1 rings (SSSR count).